The number of hydrogen-bond donors (Lipinski definition) is 1. The molecule has 1 heterocycles. The Morgan fingerprint density at radius 1 is 1.09 bits per heavy atom. The van der Waals surface area contributed by atoms with Crippen LogP contribution in [0.3, 0.4) is 0 Å². The number of benzene rings is 1. The molecule has 0 atom stereocenters. The molecule has 1 aromatic carbocycles. The van der Waals surface area contributed by atoms with Crippen molar-refractivity contribution < 1.29 is 28.3 Å². The molecular formula is C24H29N3O6. The van der Waals surface area contributed by atoms with E-state index in [4.69, 9.17) is 18.7 Å². The van der Waals surface area contributed by atoms with Crippen molar-refractivity contribution in [2.24, 2.45) is 23.2 Å². The van der Waals surface area contributed by atoms with Gasteiger partial charge in [0.15, 0.2) is 6.61 Å². The molecule has 1 N–H and O–H groups in total. The van der Waals surface area contributed by atoms with E-state index in [0.717, 1.165) is 19.3 Å². The molecule has 1 aromatic heterocycles. The third-order valence-electron chi connectivity index (χ3n) is 7.39. The van der Waals surface area contributed by atoms with E-state index in [1.807, 2.05) is 0 Å². The SMILES string of the molecule is COc1ccc(-c2noc(COC(=O)CNC(=O)C34CC5CC(CC(C5)C3)C4)n2)c(OC)c1. The van der Waals surface area contributed by atoms with E-state index in [1.54, 1.807) is 32.4 Å². The van der Waals surface area contributed by atoms with Crippen LogP contribution in [0.2, 0.25) is 0 Å². The van der Waals surface area contributed by atoms with Crippen molar-refractivity contribution in [3.63, 3.8) is 0 Å². The van der Waals surface area contributed by atoms with Crippen molar-refractivity contribution in [1.82, 2.24) is 15.5 Å². The molecule has 0 saturated heterocycles. The zero-order chi connectivity index (χ0) is 23.0. The number of carbonyl (C=O) groups is 2. The Morgan fingerprint density at radius 2 is 1.79 bits per heavy atom. The van der Waals surface area contributed by atoms with E-state index in [1.165, 1.54) is 19.3 Å². The highest BCUT2D eigenvalue weighted by Crippen LogP contribution is 2.60. The van der Waals surface area contributed by atoms with Crippen LogP contribution < -0.4 is 14.8 Å². The lowest BCUT2D eigenvalue weighted by atomic mass is 9.49. The van der Waals surface area contributed by atoms with Crippen LogP contribution in [0.1, 0.15) is 44.4 Å². The number of amides is 1. The van der Waals surface area contributed by atoms with Crippen molar-refractivity contribution >= 4 is 11.9 Å². The molecule has 176 valence electrons. The van der Waals surface area contributed by atoms with Gasteiger partial charge in [-0.1, -0.05) is 5.16 Å². The number of nitrogens with one attached hydrogen (secondary N) is 1. The van der Waals surface area contributed by atoms with Gasteiger partial charge >= 0.3 is 5.97 Å². The number of carbonyl (C=O) groups excluding carboxylic acids is 2. The summed E-state index contributed by atoms with van der Waals surface area (Å²) in [5, 5.41) is 6.76. The number of methoxy groups -OCH3 is 2. The van der Waals surface area contributed by atoms with Crippen LogP contribution in [0.25, 0.3) is 11.4 Å². The molecule has 9 nitrogen and oxygen atoms in total. The standard InChI is InChI=1S/C24H29N3O6/c1-30-17-3-4-18(19(8-17)31-2)22-26-20(33-27-22)13-32-21(28)12-25-23(29)24-9-14-5-15(10-24)7-16(6-14)11-24/h3-4,8,14-16H,5-7,9-13H2,1-2H3,(H,25,29). The van der Waals surface area contributed by atoms with Gasteiger partial charge in [-0.05, 0) is 68.4 Å². The van der Waals surface area contributed by atoms with Crippen LogP contribution in [-0.2, 0) is 20.9 Å². The van der Waals surface area contributed by atoms with Gasteiger partial charge in [0.25, 0.3) is 5.89 Å². The first-order valence-electron chi connectivity index (χ1n) is 11.5. The smallest absolute Gasteiger partial charge is 0.325 e. The molecule has 4 aliphatic carbocycles. The molecule has 4 aliphatic rings. The molecule has 4 saturated carbocycles. The maximum atomic E-state index is 13.0. The van der Waals surface area contributed by atoms with E-state index in [9.17, 15) is 9.59 Å². The third-order valence-corrected chi connectivity index (χ3v) is 7.39. The molecule has 9 heteroatoms. The van der Waals surface area contributed by atoms with Gasteiger partial charge < -0.3 is 24.1 Å². The first-order valence-corrected chi connectivity index (χ1v) is 11.5. The summed E-state index contributed by atoms with van der Waals surface area (Å²) in [6.07, 6.45) is 6.67. The molecule has 0 spiro atoms. The fourth-order valence-electron chi connectivity index (χ4n) is 6.33. The van der Waals surface area contributed by atoms with Gasteiger partial charge in [-0.2, -0.15) is 4.98 Å². The predicted molar refractivity (Wildman–Crippen MR) is 116 cm³/mol. The predicted octanol–water partition coefficient (Wildman–Crippen LogP) is 3.13. The van der Waals surface area contributed by atoms with Crippen molar-refractivity contribution in [3.8, 4) is 22.9 Å². The highest BCUT2D eigenvalue weighted by Gasteiger charge is 2.54. The summed E-state index contributed by atoms with van der Waals surface area (Å²) < 4.78 is 21.0. The number of esters is 1. The second-order valence-corrected chi connectivity index (χ2v) is 9.62. The summed E-state index contributed by atoms with van der Waals surface area (Å²) >= 11 is 0. The fourth-order valence-corrected chi connectivity index (χ4v) is 6.33. The van der Waals surface area contributed by atoms with E-state index >= 15 is 0 Å². The summed E-state index contributed by atoms with van der Waals surface area (Å²) in [6.45, 7) is -0.328. The lowest BCUT2D eigenvalue weighted by Gasteiger charge is -2.55. The first kappa shape index (κ1) is 21.7. The highest BCUT2D eigenvalue weighted by atomic mass is 16.6. The zero-order valence-electron chi connectivity index (χ0n) is 19.0. The van der Waals surface area contributed by atoms with Crippen molar-refractivity contribution in [2.75, 3.05) is 20.8 Å². The maximum absolute atomic E-state index is 13.0. The van der Waals surface area contributed by atoms with E-state index in [2.05, 4.69) is 15.5 Å². The molecule has 4 fully saturated rings. The average Bonchev–Trinajstić information content (AvgIpc) is 3.28. The van der Waals surface area contributed by atoms with Gasteiger partial charge in [0.1, 0.15) is 18.0 Å². The van der Waals surface area contributed by atoms with E-state index in [0.29, 0.717) is 40.6 Å². The number of aromatic nitrogens is 2. The Balaban J connectivity index is 1.13. The van der Waals surface area contributed by atoms with Crippen molar-refractivity contribution in [2.45, 2.75) is 45.1 Å². The topological polar surface area (TPSA) is 113 Å². The van der Waals surface area contributed by atoms with Gasteiger partial charge in [0.05, 0.1) is 19.8 Å². The second-order valence-electron chi connectivity index (χ2n) is 9.62. The normalized spacial score (nSPS) is 27.3. The number of hydrogen-bond acceptors (Lipinski definition) is 8. The van der Waals surface area contributed by atoms with Gasteiger partial charge in [0.2, 0.25) is 11.7 Å². The number of ether oxygens (including phenoxy) is 3. The molecule has 0 aliphatic heterocycles. The Hall–Kier alpha value is -3.10. The third kappa shape index (κ3) is 4.28. The first-order chi connectivity index (χ1) is 16.0. The Kier molecular flexibility index (Phi) is 5.72. The molecule has 0 radical (unpaired) electrons. The van der Waals surface area contributed by atoms with Gasteiger partial charge in [-0.25, -0.2) is 0 Å². The van der Waals surface area contributed by atoms with E-state index < -0.39 is 5.97 Å². The molecule has 6 rings (SSSR count). The van der Waals surface area contributed by atoms with Crippen molar-refractivity contribution in [1.29, 1.82) is 0 Å². The largest absolute Gasteiger partial charge is 0.497 e. The minimum absolute atomic E-state index is 0.00484. The quantitative estimate of drug-likeness (QED) is 0.604. The Labute approximate surface area is 192 Å². The van der Waals surface area contributed by atoms with Crippen LogP contribution in [0, 0.1) is 23.2 Å². The van der Waals surface area contributed by atoms with Gasteiger partial charge in [0, 0.05) is 11.5 Å². The minimum atomic E-state index is -0.533. The second kappa shape index (κ2) is 8.68. The van der Waals surface area contributed by atoms with Gasteiger partial charge in [-0.3, -0.25) is 9.59 Å². The van der Waals surface area contributed by atoms with Crippen LogP contribution in [0.4, 0.5) is 0 Å². The summed E-state index contributed by atoms with van der Waals surface area (Å²) in [7, 11) is 3.11. The minimum Gasteiger partial charge on any atom is -0.497 e. The molecular weight excluding hydrogens is 426 g/mol. The monoisotopic (exact) mass is 455 g/mol. The number of nitrogens with zero attached hydrogens (tertiary/aromatic N) is 2. The number of rotatable bonds is 8. The van der Waals surface area contributed by atoms with E-state index in [-0.39, 0.29) is 30.4 Å². The average molecular weight is 456 g/mol. The Bertz CT molecular complexity index is 1010. The van der Waals surface area contributed by atoms with Crippen molar-refractivity contribution in [3.05, 3.63) is 24.1 Å². The molecule has 33 heavy (non-hydrogen) atoms. The van der Waals surface area contributed by atoms with Crippen LogP contribution >= 0.6 is 0 Å². The zero-order valence-corrected chi connectivity index (χ0v) is 19.0. The molecule has 1 amide bonds. The Morgan fingerprint density at radius 3 is 2.42 bits per heavy atom. The molecule has 2 aromatic rings. The van der Waals surface area contributed by atoms with Crippen LogP contribution in [0.15, 0.2) is 22.7 Å². The lowest BCUT2D eigenvalue weighted by Crippen LogP contribution is -2.54. The van der Waals surface area contributed by atoms with Crippen LogP contribution in [0.5, 0.6) is 11.5 Å². The maximum Gasteiger partial charge on any atom is 0.325 e. The molecule has 4 bridgehead atoms. The van der Waals surface area contributed by atoms with Gasteiger partial charge in [-0.15, -0.1) is 0 Å². The fraction of sp³-hybridized carbons (Fsp3) is 0.583. The summed E-state index contributed by atoms with van der Waals surface area (Å²) in [4.78, 5) is 29.5. The summed E-state index contributed by atoms with van der Waals surface area (Å²) in [6, 6.07) is 5.25. The highest BCUT2D eigenvalue weighted by molar-refractivity contribution is 5.86. The summed E-state index contributed by atoms with van der Waals surface area (Å²) in [5.74, 6) is 3.13. The van der Waals surface area contributed by atoms with Crippen LogP contribution in [-0.4, -0.2) is 42.8 Å². The summed E-state index contributed by atoms with van der Waals surface area (Å²) in [5.41, 5.74) is 0.343. The molecule has 0 unspecified atom stereocenters. The lowest BCUT2D eigenvalue weighted by molar-refractivity contribution is -0.151.